The predicted octanol–water partition coefficient (Wildman–Crippen LogP) is 3.44. The summed E-state index contributed by atoms with van der Waals surface area (Å²) in [6.07, 6.45) is -0.650. The highest BCUT2D eigenvalue weighted by molar-refractivity contribution is 5.77. The number of aromatic amines is 1. The zero-order valence-electron chi connectivity index (χ0n) is 14.9. The standard InChI is InChI=1S/C18H19F3N6O/c19-18(20,21)12-9-11(10-3-4-10)5-6-13(12)27-24-14-15(25-27)22-17(23-16(14)28)26-7-1-2-8-26/h5-6,9-10,24H,1-4,7-8H2,(H2,22,23,25,28). The monoisotopic (exact) mass is 392 g/mol. The van der Waals surface area contributed by atoms with Crippen LogP contribution in [0.2, 0.25) is 0 Å². The lowest BCUT2D eigenvalue weighted by molar-refractivity contribution is -0.137. The maximum absolute atomic E-state index is 13.7. The Bertz CT molecular complexity index is 978. The second-order valence-corrected chi connectivity index (χ2v) is 7.41. The molecular weight excluding hydrogens is 373 g/mol. The molecule has 2 aromatic rings. The number of benzene rings is 1. The van der Waals surface area contributed by atoms with Gasteiger partial charge in [-0.25, -0.2) is 0 Å². The molecule has 10 heteroatoms. The summed E-state index contributed by atoms with van der Waals surface area (Å²) in [7, 11) is 0. The number of halogens is 3. The van der Waals surface area contributed by atoms with E-state index in [1.165, 1.54) is 12.1 Å². The van der Waals surface area contributed by atoms with Gasteiger partial charge in [-0.05, 0) is 49.3 Å². The summed E-state index contributed by atoms with van der Waals surface area (Å²) >= 11 is 0. The number of H-pyrrole nitrogens is 1. The number of anilines is 4. The van der Waals surface area contributed by atoms with Crippen LogP contribution >= 0.6 is 0 Å². The average molecular weight is 392 g/mol. The molecule has 3 aliphatic rings. The molecule has 2 aliphatic heterocycles. The first-order valence-corrected chi connectivity index (χ1v) is 9.34. The molecule has 2 fully saturated rings. The number of hydrogen-bond donors (Lipinski definition) is 3. The zero-order valence-corrected chi connectivity index (χ0v) is 14.9. The smallest absolute Gasteiger partial charge is 0.342 e. The van der Waals surface area contributed by atoms with Crippen molar-refractivity contribution in [3.05, 3.63) is 39.7 Å². The topological polar surface area (TPSA) is 76.3 Å². The number of rotatable bonds is 3. The Hall–Kier alpha value is -2.91. The van der Waals surface area contributed by atoms with Gasteiger partial charge < -0.3 is 4.90 Å². The van der Waals surface area contributed by atoms with Gasteiger partial charge in [-0.3, -0.25) is 20.6 Å². The molecule has 0 amide bonds. The maximum Gasteiger partial charge on any atom is 0.418 e. The summed E-state index contributed by atoms with van der Waals surface area (Å²) in [5.41, 5.74) is 5.03. The van der Waals surface area contributed by atoms with Gasteiger partial charge >= 0.3 is 6.18 Å². The van der Waals surface area contributed by atoms with Crippen molar-refractivity contribution < 1.29 is 13.2 Å². The van der Waals surface area contributed by atoms with Crippen LogP contribution in [-0.2, 0) is 6.18 Å². The van der Waals surface area contributed by atoms with E-state index in [1.807, 2.05) is 4.90 Å². The van der Waals surface area contributed by atoms with E-state index in [-0.39, 0.29) is 23.1 Å². The Balaban J connectivity index is 1.49. The molecule has 1 aliphatic carbocycles. The van der Waals surface area contributed by atoms with Crippen molar-refractivity contribution in [2.45, 2.75) is 37.8 Å². The minimum atomic E-state index is -4.51. The van der Waals surface area contributed by atoms with E-state index in [1.54, 1.807) is 6.07 Å². The fraction of sp³-hybridized carbons (Fsp3) is 0.444. The van der Waals surface area contributed by atoms with Gasteiger partial charge in [-0.15, -0.1) is 0 Å². The largest absolute Gasteiger partial charge is 0.418 e. The molecule has 1 aromatic heterocycles. The highest BCUT2D eigenvalue weighted by Crippen LogP contribution is 2.45. The zero-order chi connectivity index (χ0) is 19.5. The summed E-state index contributed by atoms with van der Waals surface area (Å²) in [5.74, 6) is 0.849. The first kappa shape index (κ1) is 17.2. The van der Waals surface area contributed by atoms with Crippen LogP contribution in [0, 0.1) is 0 Å². The predicted molar refractivity (Wildman–Crippen MR) is 99.4 cm³/mol. The van der Waals surface area contributed by atoms with Gasteiger partial charge in [-0.1, -0.05) is 6.07 Å². The lowest BCUT2D eigenvalue weighted by Gasteiger charge is -2.23. The first-order chi connectivity index (χ1) is 13.4. The molecule has 28 heavy (non-hydrogen) atoms. The summed E-state index contributed by atoms with van der Waals surface area (Å²) in [4.78, 5) is 21.5. The van der Waals surface area contributed by atoms with Gasteiger partial charge in [-0.2, -0.15) is 23.3 Å². The molecule has 148 valence electrons. The summed E-state index contributed by atoms with van der Waals surface area (Å²) in [6.45, 7) is 1.58. The van der Waals surface area contributed by atoms with Gasteiger partial charge in [0.05, 0.1) is 11.3 Å². The Labute approximate surface area is 158 Å². The van der Waals surface area contributed by atoms with Crippen LogP contribution in [0.4, 0.5) is 36.3 Å². The van der Waals surface area contributed by atoms with Crippen molar-refractivity contribution in [3.8, 4) is 0 Å². The van der Waals surface area contributed by atoms with Crippen LogP contribution < -0.4 is 26.4 Å². The van der Waals surface area contributed by atoms with Crippen LogP contribution in [0.25, 0.3) is 0 Å². The van der Waals surface area contributed by atoms with Gasteiger partial charge in [0, 0.05) is 13.1 Å². The van der Waals surface area contributed by atoms with Gasteiger partial charge in [0.2, 0.25) is 5.95 Å². The Morgan fingerprint density at radius 3 is 2.54 bits per heavy atom. The van der Waals surface area contributed by atoms with Crippen LogP contribution in [0.15, 0.2) is 23.0 Å². The van der Waals surface area contributed by atoms with Gasteiger partial charge in [0.15, 0.2) is 11.5 Å². The van der Waals surface area contributed by atoms with Gasteiger partial charge in [0.25, 0.3) is 5.56 Å². The minimum absolute atomic E-state index is 0.0994. The van der Waals surface area contributed by atoms with Crippen molar-refractivity contribution in [3.63, 3.8) is 0 Å². The molecule has 0 bridgehead atoms. The van der Waals surface area contributed by atoms with Crippen molar-refractivity contribution in [1.29, 1.82) is 0 Å². The Morgan fingerprint density at radius 1 is 1.11 bits per heavy atom. The highest BCUT2D eigenvalue weighted by Gasteiger charge is 2.38. The second kappa shape index (κ2) is 6.05. The lowest BCUT2D eigenvalue weighted by Crippen LogP contribution is -2.32. The summed E-state index contributed by atoms with van der Waals surface area (Å²) < 4.78 is 41.0. The fourth-order valence-corrected chi connectivity index (χ4v) is 3.74. The van der Waals surface area contributed by atoms with Crippen molar-refractivity contribution in [2.75, 3.05) is 34.0 Å². The molecule has 0 unspecified atom stereocenters. The summed E-state index contributed by atoms with van der Waals surface area (Å²) in [6, 6.07) is 4.34. The number of fused-ring (bicyclic) bond motifs is 1. The molecule has 0 atom stereocenters. The first-order valence-electron chi connectivity index (χ1n) is 9.34. The third-order valence-corrected chi connectivity index (χ3v) is 5.37. The highest BCUT2D eigenvalue weighted by atomic mass is 19.4. The van der Waals surface area contributed by atoms with Gasteiger partial charge in [0.1, 0.15) is 0 Å². The molecule has 1 saturated heterocycles. The van der Waals surface area contributed by atoms with Crippen molar-refractivity contribution in [1.82, 2.24) is 9.97 Å². The molecule has 1 aromatic carbocycles. The van der Waals surface area contributed by atoms with E-state index in [9.17, 15) is 18.0 Å². The third kappa shape index (κ3) is 2.92. The summed E-state index contributed by atoms with van der Waals surface area (Å²) in [5, 5.41) is 1.11. The maximum atomic E-state index is 13.7. The second-order valence-electron chi connectivity index (χ2n) is 7.41. The molecule has 3 N–H and O–H groups in total. The molecule has 5 rings (SSSR count). The van der Waals surface area contributed by atoms with E-state index in [0.29, 0.717) is 11.5 Å². The van der Waals surface area contributed by atoms with Crippen LogP contribution in [0.3, 0.4) is 0 Å². The van der Waals surface area contributed by atoms with E-state index >= 15 is 0 Å². The number of hydrazine groups is 2. The number of nitrogens with one attached hydrogen (secondary N) is 3. The molecule has 0 spiro atoms. The number of hydrogen-bond acceptors (Lipinski definition) is 6. The van der Waals surface area contributed by atoms with E-state index in [2.05, 4.69) is 20.8 Å². The SMILES string of the molecule is O=c1[nH]c(N2CCCC2)nc2c1NN(c1ccc(C3CC3)cc1C(F)(F)F)N2. The lowest BCUT2D eigenvalue weighted by atomic mass is 10.0. The molecule has 7 nitrogen and oxygen atoms in total. The van der Waals surface area contributed by atoms with Crippen LogP contribution in [-0.4, -0.2) is 23.1 Å². The minimum Gasteiger partial charge on any atom is -0.342 e. The van der Waals surface area contributed by atoms with Crippen molar-refractivity contribution >= 4 is 23.1 Å². The van der Waals surface area contributed by atoms with Crippen LogP contribution in [0.1, 0.15) is 42.7 Å². The van der Waals surface area contributed by atoms with E-state index in [0.717, 1.165) is 43.9 Å². The average Bonchev–Trinajstić information content (AvgIpc) is 3.17. The van der Waals surface area contributed by atoms with Crippen molar-refractivity contribution in [2.24, 2.45) is 0 Å². The van der Waals surface area contributed by atoms with Crippen LogP contribution in [0.5, 0.6) is 0 Å². The number of aromatic nitrogens is 2. The molecular formula is C18H19F3N6O. The fourth-order valence-electron chi connectivity index (χ4n) is 3.74. The van der Waals surface area contributed by atoms with E-state index in [4.69, 9.17) is 0 Å². The molecule has 3 heterocycles. The van der Waals surface area contributed by atoms with E-state index < -0.39 is 17.3 Å². The normalized spacial score (nSPS) is 18.8. The quantitative estimate of drug-likeness (QED) is 0.743. The third-order valence-electron chi connectivity index (χ3n) is 5.37. The Morgan fingerprint density at radius 2 is 1.86 bits per heavy atom. The molecule has 0 radical (unpaired) electrons. The Kier molecular flexibility index (Phi) is 3.72. The number of alkyl halides is 3. The number of nitrogens with zero attached hydrogens (tertiary/aromatic N) is 3. The molecule has 1 saturated carbocycles.